The Kier molecular flexibility index (Phi) is 3.67. The number of methoxy groups -OCH3 is 1. The summed E-state index contributed by atoms with van der Waals surface area (Å²) in [5, 5.41) is 0. The number of imide groups is 1. The largest absolute Gasteiger partial charge is 0.458 e. The molecule has 0 aromatic heterocycles. The van der Waals surface area contributed by atoms with Gasteiger partial charge in [0.15, 0.2) is 0 Å². The minimum Gasteiger partial charge on any atom is -0.458 e. The molecule has 0 fully saturated rings. The van der Waals surface area contributed by atoms with E-state index in [-0.39, 0.29) is 17.5 Å². The van der Waals surface area contributed by atoms with Crippen LogP contribution in [0.3, 0.4) is 0 Å². The zero-order valence-corrected chi connectivity index (χ0v) is 12.9. The van der Waals surface area contributed by atoms with E-state index in [1.165, 1.54) is 26.2 Å². The Morgan fingerprint density at radius 1 is 1.21 bits per heavy atom. The number of amides is 2. The lowest BCUT2D eigenvalue weighted by Crippen LogP contribution is -2.49. The highest BCUT2D eigenvalue weighted by Crippen LogP contribution is 2.39. The second-order valence-electron chi connectivity index (χ2n) is 5.77. The molecule has 2 aliphatic rings. The molecule has 0 aliphatic carbocycles. The fourth-order valence-electron chi connectivity index (χ4n) is 2.87. The minimum atomic E-state index is -4.75. The van der Waals surface area contributed by atoms with Crippen LogP contribution in [0.4, 0.5) is 13.2 Å². The van der Waals surface area contributed by atoms with Gasteiger partial charge in [0.05, 0.1) is 17.2 Å². The molecule has 2 amide bonds. The van der Waals surface area contributed by atoms with Crippen molar-refractivity contribution in [2.75, 3.05) is 7.11 Å². The van der Waals surface area contributed by atoms with Crippen molar-refractivity contribution in [3.8, 4) is 0 Å². The molecule has 0 bridgehead atoms. The summed E-state index contributed by atoms with van der Waals surface area (Å²) in [6, 6.07) is 5.01. The van der Waals surface area contributed by atoms with Gasteiger partial charge in [-0.2, -0.15) is 13.2 Å². The topological polar surface area (TPSA) is 55.8 Å². The molecule has 24 heavy (non-hydrogen) atoms. The summed E-state index contributed by atoms with van der Waals surface area (Å²) in [6.45, 7) is 1.33. The lowest BCUT2D eigenvalue weighted by Gasteiger charge is -2.39. The number of nitrogens with zero attached hydrogens (tertiary/aromatic N) is 1. The third-order valence-corrected chi connectivity index (χ3v) is 4.12. The van der Waals surface area contributed by atoms with Crippen molar-refractivity contribution in [3.05, 3.63) is 47.2 Å². The molecule has 2 heterocycles. The number of carbonyl (C=O) groups is 2. The van der Waals surface area contributed by atoms with Crippen LogP contribution < -0.4 is 0 Å². The Hall–Kier alpha value is -2.35. The molecule has 0 saturated heterocycles. The first kappa shape index (κ1) is 16.5. The Labute approximate surface area is 135 Å². The summed E-state index contributed by atoms with van der Waals surface area (Å²) in [5.74, 6) is -4.13. The second kappa shape index (κ2) is 5.34. The quantitative estimate of drug-likeness (QED) is 0.776. The number of allylic oxidation sites excluding steroid dienone is 1. The Morgan fingerprint density at radius 3 is 2.21 bits per heavy atom. The van der Waals surface area contributed by atoms with Crippen LogP contribution in [0.2, 0.25) is 0 Å². The maximum Gasteiger partial charge on any atom is 0.448 e. The molecule has 0 saturated carbocycles. The normalized spacial score (nSPS) is 27.0. The van der Waals surface area contributed by atoms with Gasteiger partial charge in [0, 0.05) is 20.5 Å². The van der Waals surface area contributed by atoms with Crippen LogP contribution >= 0.6 is 0 Å². The second-order valence-corrected chi connectivity index (χ2v) is 5.77. The monoisotopic (exact) mass is 341 g/mol. The van der Waals surface area contributed by atoms with E-state index in [0.717, 1.165) is 11.0 Å². The number of rotatable bonds is 2. The standard InChI is InChI=1S/C16H14F3NO4/c1-15(23-2)8-9(7-12(24-15)16(17,18)19)20-13(21)10-5-3-4-6-11(10)14(20)22/h3-7,9H,8H2,1-2H3/t9-,15+/m0/s1. The Balaban J connectivity index is 2.02. The highest BCUT2D eigenvalue weighted by atomic mass is 19.4. The number of halogens is 3. The number of carbonyl (C=O) groups excluding carboxylic acids is 2. The van der Waals surface area contributed by atoms with E-state index in [1.807, 2.05) is 0 Å². The molecule has 2 atom stereocenters. The maximum atomic E-state index is 13.1. The number of hydrogen-bond acceptors (Lipinski definition) is 4. The summed E-state index contributed by atoms with van der Waals surface area (Å²) in [4.78, 5) is 25.8. The molecular weight excluding hydrogens is 327 g/mol. The molecule has 0 N–H and O–H groups in total. The van der Waals surface area contributed by atoms with Crippen LogP contribution in [-0.2, 0) is 9.47 Å². The van der Waals surface area contributed by atoms with Crippen LogP contribution in [0.25, 0.3) is 0 Å². The van der Waals surface area contributed by atoms with Crippen molar-refractivity contribution in [1.29, 1.82) is 0 Å². The predicted molar refractivity (Wildman–Crippen MR) is 76.0 cm³/mol. The van der Waals surface area contributed by atoms with E-state index >= 15 is 0 Å². The number of fused-ring (bicyclic) bond motifs is 1. The van der Waals surface area contributed by atoms with Crippen molar-refractivity contribution in [3.63, 3.8) is 0 Å². The van der Waals surface area contributed by atoms with Crippen LogP contribution in [0.1, 0.15) is 34.1 Å². The fourth-order valence-corrected chi connectivity index (χ4v) is 2.87. The van der Waals surface area contributed by atoms with E-state index in [2.05, 4.69) is 0 Å². The molecule has 1 aromatic carbocycles. The van der Waals surface area contributed by atoms with Crippen molar-refractivity contribution >= 4 is 11.8 Å². The first-order chi connectivity index (χ1) is 11.2. The van der Waals surface area contributed by atoms with Gasteiger partial charge >= 0.3 is 6.18 Å². The van der Waals surface area contributed by atoms with Gasteiger partial charge < -0.3 is 9.47 Å². The van der Waals surface area contributed by atoms with Crippen LogP contribution in [-0.4, -0.2) is 41.8 Å². The van der Waals surface area contributed by atoms with Gasteiger partial charge in [-0.25, -0.2) is 0 Å². The highest BCUT2D eigenvalue weighted by molar-refractivity contribution is 6.21. The average molecular weight is 341 g/mol. The minimum absolute atomic E-state index is 0.103. The molecule has 1 aromatic rings. The zero-order valence-electron chi connectivity index (χ0n) is 12.9. The zero-order chi connectivity index (χ0) is 17.7. The molecule has 2 aliphatic heterocycles. The lowest BCUT2D eigenvalue weighted by molar-refractivity contribution is -0.243. The third kappa shape index (κ3) is 2.56. The molecule has 128 valence electrons. The average Bonchev–Trinajstić information content (AvgIpc) is 2.78. The third-order valence-electron chi connectivity index (χ3n) is 4.12. The highest BCUT2D eigenvalue weighted by Gasteiger charge is 2.49. The van der Waals surface area contributed by atoms with Crippen LogP contribution in [0.5, 0.6) is 0 Å². The van der Waals surface area contributed by atoms with Gasteiger partial charge in [-0.3, -0.25) is 14.5 Å². The van der Waals surface area contributed by atoms with Gasteiger partial charge in [-0.05, 0) is 18.2 Å². The Bertz CT molecular complexity index is 708. The first-order valence-electron chi connectivity index (χ1n) is 7.16. The van der Waals surface area contributed by atoms with Gasteiger partial charge in [-0.1, -0.05) is 12.1 Å². The van der Waals surface area contributed by atoms with Gasteiger partial charge in [-0.15, -0.1) is 0 Å². The van der Waals surface area contributed by atoms with Crippen molar-refractivity contribution in [2.45, 2.75) is 31.3 Å². The molecule has 5 nitrogen and oxygen atoms in total. The van der Waals surface area contributed by atoms with Crippen LogP contribution in [0, 0.1) is 0 Å². The summed E-state index contributed by atoms with van der Waals surface area (Å²) in [5.41, 5.74) is 0.352. The van der Waals surface area contributed by atoms with Crippen molar-refractivity contribution < 1.29 is 32.2 Å². The molecular formula is C16H14F3NO4. The first-order valence-corrected chi connectivity index (χ1v) is 7.16. The number of alkyl halides is 3. The molecule has 3 rings (SSSR count). The molecule has 0 spiro atoms. The lowest BCUT2D eigenvalue weighted by atomic mass is 10.0. The van der Waals surface area contributed by atoms with E-state index in [0.29, 0.717) is 0 Å². The molecule has 0 radical (unpaired) electrons. The van der Waals surface area contributed by atoms with E-state index in [1.54, 1.807) is 12.1 Å². The van der Waals surface area contributed by atoms with Gasteiger partial charge in [0.2, 0.25) is 11.5 Å². The van der Waals surface area contributed by atoms with E-state index < -0.39 is 35.6 Å². The summed E-state index contributed by atoms with van der Waals surface area (Å²) in [7, 11) is 1.21. The van der Waals surface area contributed by atoms with Crippen LogP contribution in [0.15, 0.2) is 36.1 Å². The fraction of sp³-hybridized carbons (Fsp3) is 0.375. The summed E-state index contributed by atoms with van der Waals surface area (Å²) < 4.78 is 49.2. The number of benzene rings is 1. The van der Waals surface area contributed by atoms with Crippen molar-refractivity contribution in [2.24, 2.45) is 0 Å². The smallest absolute Gasteiger partial charge is 0.448 e. The molecule has 0 unspecified atom stereocenters. The Morgan fingerprint density at radius 2 is 1.75 bits per heavy atom. The van der Waals surface area contributed by atoms with Gasteiger partial charge in [0.1, 0.15) is 0 Å². The number of hydrogen-bond donors (Lipinski definition) is 0. The van der Waals surface area contributed by atoms with E-state index in [4.69, 9.17) is 9.47 Å². The van der Waals surface area contributed by atoms with Crippen molar-refractivity contribution in [1.82, 2.24) is 4.90 Å². The predicted octanol–water partition coefficient (Wildman–Crippen LogP) is 2.88. The molecule has 8 heteroatoms. The summed E-state index contributed by atoms with van der Waals surface area (Å²) in [6.07, 6.45) is -4.10. The number of ether oxygens (including phenoxy) is 2. The SMILES string of the molecule is CO[C@@]1(C)C[C@@H](N2C(=O)c3ccccc3C2=O)C=C(C(F)(F)F)O1. The van der Waals surface area contributed by atoms with E-state index in [9.17, 15) is 22.8 Å². The summed E-state index contributed by atoms with van der Waals surface area (Å²) >= 11 is 0. The maximum absolute atomic E-state index is 13.1. The van der Waals surface area contributed by atoms with Gasteiger partial charge in [0.25, 0.3) is 11.8 Å².